The Bertz CT molecular complexity index is 2160. The molecule has 7 rings (SSSR count). The second-order valence-corrected chi connectivity index (χ2v) is 15.6. The van der Waals surface area contributed by atoms with E-state index in [2.05, 4.69) is 152 Å². The Hall–Kier alpha value is -4.16. The van der Waals surface area contributed by atoms with Crippen LogP contribution in [-0.4, -0.2) is 0 Å². The quantitative estimate of drug-likeness (QED) is 0.0970. The van der Waals surface area contributed by atoms with Gasteiger partial charge < -0.3 is 0 Å². The molecule has 0 saturated carbocycles. The van der Waals surface area contributed by atoms with Crippen molar-refractivity contribution in [1.82, 2.24) is 0 Å². The number of rotatable bonds is 7. The molecule has 0 N–H and O–H groups in total. The zero-order chi connectivity index (χ0) is 32.2. The Labute approximate surface area is 275 Å². The fourth-order valence-electron chi connectivity index (χ4n) is 7.73. The molecule has 0 saturated heterocycles. The van der Waals surface area contributed by atoms with Crippen molar-refractivity contribution in [3.8, 4) is 22.3 Å². The van der Waals surface area contributed by atoms with Crippen molar-refractivity contribution in [2.45, 2.75) is 91.4 Å². The van der Waals surface area contributed by atoms with Crippen molar-refractivity contribution in [1.29, 1.82) is 0 Å². The van der Waals surface area contributed by atoms with Crippen LogP contribution in [0.4, 0.5) is 0 Å². The van der Waals surface area contributed by atoms with Crippen LogP contribution in [0.2, 0.25) is 0 Å². The van der Waals surface area contributed by atoms with Crippen molar-refractivity contribution < 1.29 is 0 Å². The molecule has 0 unspecified atom stereocenters. The molecule has 7 aromatic carbocycles. The topological polar surface area (TPSA) is 0 Å². The molecule has 0 fully saturated rings. The Balaban J connectivity index is 1.54. The molecular formula is C46H48. The van der Waals surface area contributed by atoms with Gasteiger partial charge in [-0.2, -0.15) is 0 Å². The predicted octanol–water partition coefficient (Wildman–Crippen LogP) is 13.8. The third-order valence-corrected chi connectivity index (χ3v) is 10.1. The molecule has 0 spiro atoms. The lowest BCUT2D eigenvalue weighted by Crippen LogP contribution is -2.12. The van der Waals surface area contributed by atoms with Crippen LogP contribution in [0, 0.1) is 0 Å². The summed E-state index contributed by atoms with van der Waals surface area (Å²) in [7, 11) is 0. The summed E-state index contributed by atoms with van der Waals surface area (Å²) in [5.74, 6) is 0. The fourth-order valence-corrected chi connectivity index (χ4v) is 7.73. The van der Waals surface area contributed by atoms with E-state index in [1.807, 2.05) is 0 Å². The lowest BCUT2D eigenvalue weighted by atomic mass is 9.77. The largest absolute Gasteiger partial charge is 0.0654 e. The predicted molar refractivity (Wildman–Crippen MR) is 204 cm³/mol. The lowest BCUT2D eigenvalue weighted by molar-refractivity contribution is 0.595. The first-order valence-electron chi connectivity index (χ1n) is 17.4. The van der Waals surface area contributed by atoms with Gasteiger partial charge in [0.1, 0.15) is 0 Å². The minimum absolute atomic E-state index is 0.0222. The summed E-state index contributed by atoms with van der Waals surface area (Å²) in [4.78, 5) is 0. The van der Waals surface area contributed by atoms with Gasteiger partial charge in [0.25, 0.3) is 0 Å². The van der Waals surface area contributed by atoms with Crippen LogP contribution in [0.15, 0.2) is 103 Å². The first kappa shape index (κ1) is 30.5. The minimum atomic E-state index is 0.0222. The summed E-state index contributed by atoms with van der Waals surface area (Å²) >= 11 is 0. The van der Waals surface area contributed by atoms with Gasteiger partial charge in [0.2, 0.25) is 0 Å². The van der Waals surface area contributed by atoms with Crippen molar-refractivity contribution in [2.24, 2.45) is 0 Å². The van der Waals surface area contributed by atoms with Crippen LogP contribution in [-0.2, 0) is 17.3 Å². The summed E-state index contributed by atoms with van der Waals surface area (Å²) in [5, 5.41) is 11.0. The van der Waals surface area contributed by atoms with Gasteiger partial charge >= 0.3 is 0 Å². The molecule has 0 nitrogen and oxygen atoms in total. The molecule has 0 atom stereocenters. The van der Waals surface area contributed by atoms with Crippen LogP contribution in [0.1, 0.15) is 90.8 Å². The number of fused-ring (bicyclic) bond motifs is 2. The maximum Gasteiger partial charge on any atom is -0.00230 e. The fraction of sp³-hybridized carbons (Fsp3) is 0.304. The number of hydrogen-bond acceptors (Lipinski definition) is 0. The van der Waals surface area contributed by atoms with E-state index in [4.69, 9.17) is 0 Å². The number of aryl methyl sites for hydroxylation is 1. The highest BCUT2D eigenvalue weighted by molar-refractivity contribution is 6.34. The number of hydrogen-bond donors (Lipinski definition) is 0. The van der Waals surface area contributed by atoms with E-state index in [-0.39, 0.29) is 10.8 Å². The first-order valence-corrected chi connectivity index (χ1v) is 17.4. The van der Waals surface area contributed by atoms with Crippen molar-refractivity contribution in [2.75, 3.05) is 0 Å². The minimum Gasteiger partial charge on any atom is -0.0654 e. The molecule has 0 heteroatoms. The van der Waals surface area contributed by atoms with Gasteiger partial charge in [-0.1, -0.05) is 147 Å². The first-order chi connectivity index (χ1) is 22.0. The third kappa shape index (κ3) is 5.37. The van der Waals surface area contributed by atoms with Gasteiger partial charge in [0.05, 0.1) is 0 Å². The summed E-state index contributed by atoms with van der Waals surface area (Å²) in [5.41, 5.74) is 9.47. The third-order valence-electron chi connectivity index (χ3n) is 10.1. The van der Waals surface area contributed by atoms with Crippen LogP contribution in [0.5, 0.6) is 0 Å². The van der Waals surface area contributed by atoms with Crippen molar-refractivity contribution >= 4 is 43.1 Å². The average Bonchev–Trinajstić information content (AvgIpc) is 3.04. The highest BCUT2D eigenvalue weighted by atomic mass is 14.3. The standard InChI is InChI=1S/C46H48/c1-8-9-10-12-15-30-18-20-32(21-19-30)34-27-38-36-23-24-41(45(2,3)4)39-28-33(31-16-13-11-14-17-31)26-37(43(36)39)35-22-25-42(46(5,6)7)40(29-34)44(35)38/h11,13-14,16-29H,8-10,12,15H2,1-7H3. The average molecular weight is 601 g/mol. The highest BCUT2D eigenvalue weighted by Gasteiger charge is 2.25. The smallest absolute Gasteiger partial charge is 0.00230 e. The maximum absolute atomic E-state index is 2.48. The summed E-state index contributed by atoms with van der Waals surface area (Å²) < 4.78 is 0. The van der Waals surface area contributed by atoms with Crippen molar-refractivity contribution in [3.63, 3.8) is 0 Å². The van der Waals surface area contributed by atoms with Crippen LogP contribution in [0.3, 0.4) is 0 Å². The van der Waals surface area contributed by atoms with Gasteiger partial charge in [-0.05, 0) is 130 Å². The summed E-state index contributed by atoms with van der Waals surface area (Å²) in [6.07, 6.45) is 6.38. The highest BCUT2D eigenvalue weighted by Crippen LogP contribution is 2.47. The molecule has 46 heavy (non-hydrogen) atoms. The van der Waals surface area contributed by atoms with E-state index in [0.717, 1.165) is 0 Å². The zero-order valence-corrected chi connectivity index (χ0v) is 28.9. The molecule has 0 amide bonds. The van der Waals surface area contributed by atoms with Gasteiger partial charge in [-0.15, -0.1) is 0 Å². The second kappa shape index (κ2) is 11.6. The van der Waals surface area contributed by atoms with Crippen LogP contribution < -0.4 is 0 Å². The normalized spacial score (nSPS) is 12.7. The Morgan fingerprint density at radius 2 is 0.891 bits per heavy atom. The molecule has 0 aromatic heterocycles. The SMILES string of the molecule is CCCCCCc1ccc(-c2cc3c(C(C)(C)C)ccc4c5cc(-c6ccccc6)cc6c(C(C)(C)C)ccc(c(c2)c34)c65)cc1. The van der Waals surface area contributed by atoms with Gasteiger partial charge in [0.15, 0.2) is 0 Å². The zero-order valence-electron chi connectivity index (χ0n) is 28.9. The van der Waals surface area contributed by atoms with Gasteiger partial charge in [-0.3, -0.25) is 0 Å². The van der Waals surface area contributed by atoms with Gasteiger partial charge in [0, 0.05) is 0 Å². The summed E-state index contributed by atoms with van der Waals surface area (Å²) in [6.45, 7) is 16.4. The molecule has 7 aromatic rings. The molecule has 0 heterocycles. The van der Waals surface area contributed by atoms with E-state index >= 15 is 0 Å². The summed E-state index contributed by atoms with van der Waals surface area (Å²) in [6, 6.07) is 39.8. The van der Waals surface area contributed by atoms with Crippen molar-refractivity contribution in [3.05, 3.63) is 120 Å². The van der Waals surface area contributed by atoms with E-state index < -0.39 is 0 Å². The molecule has 0 radical (unpaired) electrons. The monoisotopic (exact) mass is 600 g/mol. The van der Waals surface area contributed by atoms with Gasteiger partial charge in [-0.25, -0.2) is 0 Å². The molecule has 0 aliphatic heterocycles. The molecule has 0 aliphatic carbocycles. The van der Waals surface area contributed by atoms with Crippen LogP contribution in [0.25, 0.3) is 65.3 Å². The molecule has 0 bridgehead atoms. The van der Waals surface area contributed by atoms with E-state index in [1.54, 1.807) is 0 Å². The molecular weight excluding hydrogens is 553 g/mol. The number of unbranched alkanes of at least 4 members (excludes halogenated alkanes) is 3. The second-order valence-electron chi connectivity index (χ2n) is 15.6. The Morgan fingerprint density at radius 1 is 0.413 bits per heavy atom. The molecule has 232 valence electrons. The maximum atomic E-state index is 2.48. The van der Waals surface area contributed by atoms with E-state index in [0.29, 0.717) is 0 Å². The number of benzene rings is 7. The van der Waals surface area contributed by atoms with Crippen LogP contribution >= 0.6 is 0 Å². The van der Waals surface area contributed by atoms with E-state index in [9.17, 15) is 0 Å². The molecule has 0 aliphatic rings. The van der Waals surface area contributed by atoms with E-state index in [1.165, 1.54) is 114 Å². The Morgan fingerprint density at radius 3 is 1.37 bits per heavy atom. The Kier molecular flexibility index (Phi) is 7.67. The lowest BCUT2D eigenvalue weighted by Gasteiger charge is -2.27.